The lowest BCUT2D eigenvalue weighted by atomic mass is 10.5. The summed E-state index contributed by atoms with van der Waals surface area (Å²) in [5.41, 5.74) is 0. The highest BCUT2D eigenvalue weighted by atomic mass is 32.2. The fourth-order valence-corrected chi connectivity index (χ4v) is 3.89. The summed E-state index contributed by atoms with van der Waals surface area (Å²) in [6, 6.07) is 2.56. The number of carboxylic acid groups (broad SMARTS) is 1. The van der Waals surface area contributed by atoms with Gasteiger partial charge >= 0.3 is 5.97 Å². The van der Waals surface area contributed by atoms with Crippen LogP contribution >= 0.6 is 23.1 Å². The third-order valence-corrected chi connectivity index (χ3v) is 5.67. The number of nitrogens with one attached hydrogen (secondary N) is 1. The number of sulfonamides is 1. The molecule has 1 rings (SSSR count). The molecule has 0 bridgehead atoms. The molecule has 2 N–H and O–H groups in total. The highest BCUT2D eigenvalue weighted by molar-refractivity contribution is 7.99. The summed E-state index contributed by atoms with van der Waals surface area (Å²) in [4.78, 5) is 10.6. The Hall–Kier alpha value is -1.01. The molecule has 0 atom stereocenters. The van der Waals surface area contributed by atoms with Gasteiger partial charge in [-0.1, -0.05) is 5.92 Å². The first kappa shape index (κ1) is 15.0. The molecular formula is C10H11NO4S3. The van der Waals surface area contributed by atoms with E-state index in [1.165, 1.54) is 23.9 Å². The summed E-state index contributed by atoms with van der Waals surface area (Å²) in [6.45, 7) is 0.259. The Morgan fingerprint density at radius 1 is 1.56 bits per heavy atom. The minimum atomic E-state index is -3.62. The van der Waals surface area contributed by atoms with Crippen molar-refractivity contribution in [2.75, 3.05) is 18.1 Å². The molecule has 98 valence electrons. The number of hydrogen-bond acceptors (Lipinski definition) is 5. The first-order valence-electron chi connectivity index (χ1n) is 4.81. The molecule has 1 aromatic rings. The average Bonchev–Trinajstić information content (AvgIpc) is 2.78. The van der Waals surface area contributed by atoms with Crippen LogP contribution in [0, 0.1) is 12.3 Å². The maximum Gasteiger partial charge on any atom is 0.345 e. The van der Waals surface area contributed by atoms with E-state index in [2.05, 4.69) is 10.6 Å². The quantitative estimate of drug-likeness (QED) is 0.582. The van der Waals surface area contributed by atoms with Crippen LogP contribution in [0.4, 0.5) is 0 Å². The molecule has 0 aromatic carbocycles. The van der Waals surface area contributed by atoms with E-state index in [1.54, 1.807) is 0 Å². The molecule has 0 amide bonds. The van der Waals surface area contributed by atoms with E-state index in [1.807, 2.05) is 0 Å². The fraction of sp³-hybridized carbons (Fsp3) is 0.300. The fourth-order valence-electron chi connectivity index (χ4n) is 1.03. The van der Waals surface area contributed by atoms with Crippen LogP contribution in [0.25, 0.3) is 0 Å². The molecular weight excluding hydrogens is 294 g/mol. The lowest BCUT2D eigenvalue weighted by molar-refractivity contribution is 0.0702. The molecule has 0 saturated carbocycles. The standard InChI is InChI=1S/C10H11NO4S3/c1-2-6-16-7-5-11-18(14,15)9-4-3-8(17-9)10(12)13/h1,3-4,11H,5-7H2,(H,12,13). The molecule has 18 heavy (non-hydrogen) atoms. The van der Waals surface area contributed by atoms with Gasteiger partial charge < -0.3 is 5.11 Å². The van der Waals surface area contributed by atoms with E-state index in [-0.39, 0.29) is 15.6 Å². The van der Waals surface area contributed by atoms with E-state index in [9.17, 15) is 13.2 Å². The molecule has 0 aliphatic rings. The zero-order chi connectivity index (χ0) is 13.6. The third-order valence-electron chi connectivity index (χ3n) is 1.78. The Labute approximate surface area is 114 Å². The van der Waals surface area contributed by atoms with Gasteiger partial charge in [0.1, 0.15) is 9.09 Å². The van der Waals surface area contributed by atoms with Crippen molar-refractivity contribution in [2.45, 2.75) is 4.21 Å². The van der Waals surface area contributed by atoms with Gasteiger partial charge in [0.25, 0.3) is 0 Å². The summed E-state index contributed by atoms with van der Waals surface area (Å²) in [5, 5.41) is 8.71. The summed E-state index contributed by atoms with van der Waals surface area (Å²) in [6.07, 6.45) is 5.06. The number of hydrogen-bond donors (Lipinski definition) is 2. The molecule has 0 radical (unpaired) electrons. The molecule has 0 unspecified atom stereocenters. The van der Waals surface area contributed by atoms with Gasteiger partial charge in [-0.15, -0.1) is 29.5 Å². The van der Waals surface area contributed by atoms with Crippen LogP contribution in [0.5, 0.6) is 0 Å². The number of carboxylic acids is 1. The van der Waals surface area contributed by atoms with Gasteiger partial charge in [0.05, 0.1) is 5.75 Å². The van der Waals surface area contributed by atoms with E-state index >= 15 is 0 Å². The van der Waals surface area contributed by atoms with Crippen molar-refractivity contribution in [3.63, 3.8) is 0 Å². The lowest BCUT2D eigenvalue weighted by Gasteiger charge is -2.03. The Balaban J connectivity index is 2.58. The van der Waals surface area contributed by atoms with Crippen molar-refractivity contribution < 1.29 is 18.3 Å². The predicted octanol–water partition coefficient (Wildman–Crippen LogP) is 1.09. The van der Waals surface area contributed by atoms with Crippen LogP contribution in [-0.2, 0) is 10.0 Å². The summed E-state index contributed by atoms with van der Waals surface area (Å²) in [7, 11) is -3.62. The molecule has 0 aliphatic heterocycles. The highest BCUT2D eigenvalue weighted by Gasteiger charge is 2.18. The Morgan fingerprint density at radius 3 is 2.83 bits per heavy atom. The lowest BCUT2D eigenvalue weighted by Crippen LogP contribution is -2.25. The van der Waals surface area contributed by atoms with Gasteiger partial charge in [0.2, 0.25) is 10.0 Å². The minimum absolute atomic E-state index is 0.00171. The van der Waals surface area contributed by atoms with Gasteiger partial charge in [-0.2, -0.15) is 0 Å². The van der Waals surface area contributed by atoms with Crippen molar-refractivity contribution in [3.8, 4) is 12.3 Å². The number of terminal acetylenes is 1. The van der Waals surface area contributed by atoms with E-state index < -0.39 is 16.0 Å². The summed E-state index contributed by atoms with van der Waals surface area (Å²) in [5.74, 6) is 2.40. The second kappa shape index (κ2) is 6.80. The van der Waals surface area contributed by atoms with Crippen LogP contribution in [0.15, 0.2) is 16.3 Å². The average molecular weight is 305 g/mol. The molecule has 5 nitrogen and oxygen atoms in total. The number of carbonyl (C=O) groups is 1. The highest BCUT2D eigenvalue weighted by Crippen LogP contribution is 2.21. The summed E-state index contributed by atoms with van der Waals surface area (Å²) >= 11 is 2.17. The molecule has 0 aliphatic carbocycles. The van der Waals surface area contributed by atoms with Gasteiger partial charge in [0.15, 0.2) is 0 Å². The number of thioether (sulfide) groups is 1. The molecule has 1 aromatic heterocycles. The van der Waals surface area contributed by atoms with Crippen LogP contribution < -0.4 is 4.72 Å². The first-order valence-corrected chi connectivity index (χ1v) is 8.27. The Bertz CT molecular complexity index is 556. The molecule has 0 spiro atoms. The molecule has 1 heterocycles. The van der Waals surface area contributed by atoms with Crippen molar-refractivity contribution in [1.82, 2.24) is 4.72 Å². The first-order chi connectivity index (χ1) is 8.47. The Kier molecular flexibility index (Phi) is 5.68. The number of thiophene rings is 1. The van der Waals surface area contributed by atoms with E-state index in [0.717, 1.165) is 11.3 Å². The van der Waals surface area contributed by atoms with Crippen molar-refractivity contribution in [1.29, 1.82) is 0 Å². The van der Waals surface area contributed by atoms with Gasteiger partial charge in [0, 0.05) is 12.3 Å². The second-order valence-electron chi connectivity index (χ2n) is 3.08. The SMILES string of the molecule is C#CCSCCNS(=O)(=O)c1ccc(C(=O)O)s1. The molecule has 8 heteroatoms. The number of aromatic carboxylic acids is 1. The predicted molar refractivity (Wildman–Crippen MR) is 72.6 cm³/mol. The van der Waals surface area contributed by atoms with Gasteiger partial charge in [-0.25, -0.2) is 17.9 Å². The van der Waals surface area contributed by atoms with Crippen molar-refractivity contribution >= 4 is 39.1 Å². The third kappa shape index (κ3) is 4.34. The van der Waals surface area contributed by atoms with Crippen LogP contribution in [0.3, 0.4) is 0 Å². The van der Waals surface area contributed by atoms with Crippen LogP contribution in [0.1, 0.15) is 9.67 Å². The maximum absolute atomic E-state index is 11.8. The monoisotopic (exact) mass is 305 g/mol. The maximum atomic E-state index is 11.8. The zero-order valence-corrected chi connectivity index (χ0v) is 11.7. The van der Waals surface area contributed by atoms with Crippen molar-refractivity contribution in [3.05, 3.63) is 17.0 Å². The largest absolute Gasteiger partial charge is 0.477 e. The van der Waals surface area contributed by atoms with Crippen LogP contribution in [0.2, 0.25) is 0 Å². The van der Waals surface area contributed by atoms with E-state index in [4.69, 9.17) is 11.5 Å². The zero-order valence-electron chi connectivity index (χ0n) is 9.25. The van der Waals surface area contributed by atoms with Gasteiger partial charge in [-0.05, 0) is 12.1 Å². The topological polar surface area (TPSA) is 83.5 Å². The molecule has 0 saturated heterocycles. The van der Waals surface area contributed by atoms with Crippen molar-refractivity contribution in [2.24, 2.45) is 0 Å². The normalized spacial score (nSPS) is 11.1. The minimum Gasteiger partial charge on any atom is -0.477 e. The smallest absolute Gasteiger partial charge is 0.345 e. The Morgan fingerprint density at radius 2 is 2.28 bits per heavy atom. The second-order valence-corrected chi connectivity index (χ2v) is 7.26. The van der Waals surface area contributed by atoms with Gasteiger partial charge in [-0.3, -0.25) is 0 Å². The summed E-state index contributed by atoms with van der Waals surface area (Å²) < 4.78 is 25.9. The molecule has 0 fully saturated rings. The number of rotatable bonds is 7. The van der Waals surface area contributed by atoms with Crippen LogP contribution in [-0.4, -0.2) is 37.5 Å². The van der Waals surface area contributed by atoms with E-state index in [0.29, 0.717) is 11.5 Å².